The van der Waals surface area contributed by atoms with E-state index in [1.807, 2.05) is 53.4 Å². The summed E-state index contributed by atoms with van der Waals surface area (Å²) >= 11 is 0. The highest BCUT2D eigenvalue weighted by molar-refractivity contribution is 6.04. The molecular weight excluding hydrogens is 352 g/mol. The van der Waals surface area contributed by atoms with Crippen LogP contribution in [0, 0.1) is 0 Å². The number of piperazine rings is 1. The molecular formula is C22H24N4O2. The normalized spacial score (nSPS) is 14.7. The molecule has 0 bridgehead atoms. The summed E-state index contributed by atoms with van der Waals surface area (Å²) in [5, 5.41) is 7.93. The second-order valence-electron chi connectivity index (χ2n) is 7.48. The molecule has 0 aliphatic carbocycles. The third kappa shape index (κ3) is 3.38. The van der Waals surface area contributed by atoms with Crippen molar-refractivity contribution in [2.24, 2.45) is 0 Å². The number of hydrogen-bond acceptors (Lipinski definition) is 3. The molecule has 2 amide bonds. The lowest BCUT2D eigenvalue weighted by atomic mass is 10.0. The second-order valence-corrected chi connectivity index (χ2v) is 7.48. The van der Waals surface area contributed by atoms with Gasteiger partial charge in [0.25, 0.3) is 11.8 Å². The highest BCUT2D eigenvalue weighted by Crippen LogP contribution is 2.19. The first-order valence-corrected chi connectivity index (χ1v) is 9.66. The summed E-state index contributed by atoms with van der Waals surface area (Å²) in [4.78, 5) is 29.2. The zero-order valence-electron chi connectivity index (χ0n) is 16.2. The molecule has 2 heterocycles. The van der Waals surface area contributed by atoms with E-state index in [-0.39, 0.29) is 11.8 Å². The van der Waals surface area contributed by atoms with Gasteiger partial charge in [0.15, 0.2) is 5.69 Å². The molecule has 0 saturated carbocycles. The Balaban J connectivity index is 1.41. The Morgan fingerprint density at radius 3 is 2.14 bits per heavy atom. The van der Waals surface area contributed by atoms with E-state index in [0.29, 0.717) is 43.4 Å². The van der Waals surface area contributed by atoms with Crippen LogP contribution in [-0.4, -0.2) is 58.0 Å². The van der Waals surface area contributed by atoms with Crippen molar-refractivity contribution in [1.29, 1.82) is 0 Å². The minimum atomic E-state index is -0.0918. The Kier molecular flexibility index (Phi) is 4.86. The molecule has 1 aliphatic rings. The Morgan fingerprint density at radius 1 is 0.893 bits per heavy atom. The van der Waals surface area contributed by atoms with Crippen LogP contribution in [0.5, 0.6) is 0 Å². The standard InChI is InChI=1S/C22H24N4O2/c1-15(2)16-7-9-17(10-8-16)21(27)25-11-13-26(14-12-25)22(28)20-18-5-3-4-6-19(18)23-24-20/h3-10,15H,11-14H2,1-2H3,(H,23,24). The number of fused-ring (bicyclic) bond motifs is 1. The van der Waals surface area contributed by atoms with Gasteiger partial charge in [-0.2, -0.15) is 5.10 Å². The minimum Gasteiger partial charge on any atom is -0.335 e. The van der Waals surface area contributed by atoms with E-state index < -0.39 is 0 Å². The molecule has 0 atom stereocenters. The van der Waals surface area contributed by atoms with Crippen molar-refractivity contribution < 1.29 is 9.59 Å². The van der Waals surface area contributed by atoms with E-state index in [0.717, 1.165) is 10.9 Å². The number of carbonyl (C=O) groups excluding carboxylic acids is 2. The van der Waals surface area contributed by atoms with Crippen molar-refractivity contribution in [2.45, 2.75) is 19.8 Å². The summed E-state index contributed by atoms with van der Waals surface area (Å²) in [7, 11) is 0. The molecule has 3 aromatic rings. The number of para-hydroxylation sites is 1. The number of hydrogen-bond donors (Lipinski definition) is 1. The van der Waals surface area contributed by atoms with Crippen LogP contribution in [-0.2, 0) is 0 Å². The van der Waals surface area contributed by atoms with Crippen LogP contribution in [0.4, 0.5) is 0 Å². The Labute approximate surface area is 164 Å². The fraction of sp³-hybridized carbons (Fsp3) is 0.318. The van der Waals surface area contributed by atoms with Crippen molar-refractivity contribution in [3.8, 4) is 0 Å². The van der Waals surface area contributed by atoms with Crippen molar-refractivity contribution in [3.05, 3.63) is 65.4 Å². The lowest BCUT2D eigenvalue weighted by Gasteiger charge is -2.34. The van der Waals surface area contributed by atoms with E-state index >= 15 is 0 Å². The fourth-order valence-corrected chi connectivity index (χ4v) is 3.58. The summed E-state index contributed by atoms with van der Waals surface area (Å²) < 4.78 is 0. The number of amides is 2. The summed E-state index contributed by atoms with van der Waals surface area (Å²) in [5.41, 5.74) is 3.21. The highest BCUT2D eigenvalue weighted by Gasteiger charge is 2.27. The molecule has 1 aromatic heterocycles. The van der Waals surface area contributed by atoms with Gasteiger partial charge in [-0.05, 0) is 29.7 Å². The van der Waals surface area contributed by atoms with Crippen LogP contribution in [0.2, 0.25) is 0 Å². The molecule has 0 unspecified atom stereocenters. The molecule has 4 rings (SSSR count). The van der Waals surface area contributed by atoms with Gasteiger partial charge in [-0.3, -0.25) is 14.7 Å². The average molecular weight is 376 g/mol. The summed E-state index contributed by atoms with van der Waals surface area (Å²) in [6.07, 6.45) is 0. The summed E-state index contributed by atoms with van der Waals surface area (Å²) in [6, 6.07) is 15.4. The third-order valence-electron chi connectivity index (χ3n) is 5.35. The van der Waals surface area contributed by atoms with Gasteiger partial charge in [-0.15, -0.1) is 0 Å². The van der Waals surface area contributed by atoms with E-state index in [4.69, 9.17) is 0 Å². The Morgan fingerprint density at radius 2 is 1.50 bits per heavy atom. The molecule has 1 aliphatic heterocycles. The summed E-state index contributed by atoms with van der Waals surface area (Å²) in [5.74, 6) is 0.371. The van der Waals surface area contributed by atoms with Crippen LogP contribution in [0.1, 0.15) is 46.2 Å². The number of rotatable bonds is 3. The predicted molar refractivity (Wildman–Crippen MR) is 108 cm³/mol. The molecule has 28 heavy (non-hydrogen) atoms. The maximum atomic E-state index is 12.9. The van der Waals surface area contributed by atoms with E-state index in [1.54, 1.807) is 4.90 Å². The van der Waals surface area contributed by atoms with Gasteiger partial charge in [-0.1, -0.05) is 44.2 Å². The molecule has 6 nitrogen and oxygen atoms in total. The van der Waals surface area contributed by atoms with Crippen molar-refractivity contribution in [1.82, 2.24) is 20.0 Å². The van der Waals surface area contributed by atoms with Crippen molar-refractivity contribution in [3.63, 3.8) is 0 Å². The van der Waals surface area contributed by atoms with Gasteiger partial charge >= 0.3 is 0 Å². The third-order valence-corrected chi connectivity index (χ3v) is 5.35. The maximum Gasteiger partial charge on any atom is 0.275 e. The van der Waals surface area contributed by atoms with Gasteiger partial charge in [0.1, 0.15) is 0 Å². The number of benzene rings is 2. The molecule has 1 fully saturated rings. The van der Waals surface area contributed by atoms with Crippen molar-refractivity contribution >= 4 is 22.7 Å². The van der Waals surface area contributed by atoms with Crippen LogP contribution >= 0.6 is 0 Å². The number of aromatic amines is 1. The summed E-state index contributed by atoms with van der Waals surface area (Å²) in [6.45, 7) is 6.34. The second kappa shape index (κ2) is 7.46. The SMILES string of the molecule is CC(C)c1ccc(C(=O)N2CCN(C(=O)c3n[nH]c4ccccc34)CC2)cc1. The molecule has 1 saturated heterocycles. The van der Waals surface area contributed by atoms with Crippen LogP contribution in [0.15, 0.2) is 48.5 Å². The first kappa shape index (κ1) is 18.2. The zero-order valence-corrected chi connectivity index (χ0v) is 16.2. The topological polar surface area (TPSA) is 69.3 Å². The molecule has 144 valence electrons. The molecule has 6 heteroatoms. The largest absolute Gasteiger partial charge is 0.335 e. The van der Waals surface area contributed by atoms with Gasteiger partial charge in [0.2, 0.25) is 0 Å². The van der Waals surface area contributed by atoms with Gasteiger partial charge in [0.05, 0.1) is 5.52 Å². The van der Waals surface area contributed by atoms with Gasteiger partial charge in [0, 0.05) is 37.1 Å². The molecule has 0 radical (unpaired) electrons. The lowest BCUT2D eigenvalue weighted by Crippen LogP contribution is -2.50. The number of aromatic nitrogens is 2. The Bertz CT molecular complexity index is 999. The number of nitrogens with zero attached hydrogens (tertiary/aromatic N) is 3. The highest BCUT2D eigenvalue weighted by atomic mass is 16.2. The maximum absolute atomic E-state index is 12.9. The lowest BCUT2D eigenvalue weighted by molar-refractivity contribution is 0.0533. The molecule has 1 N–H and O–H groups in total. The molecule has 0 spiro atoms. The fourth-order valence-electron chi connectivity index (χ4n) is 3.58. The first-order chi connectivity index (χ1) is 13.5. The van der Waals surface area contributed by atoms with Crippen LogP contribution in [0.3, 0.4) is 0 Å². The van der Waals surface area contributed by atoms with E-state index in [1.165, 1.54) is 5.56 Å². The van der Waals surface area contributed by atoms with Gasteiger partial charge < -0.3 is 9.80 Å². The number of nitrogens with one attached hydrogen (secondary N) is 1. The average Bonchev–Trinajstić information content (AvgIpc) is 3.17. The molecule has 2 aromatic carbocycles. The number of H-pyrrole nitrogens is 1. The quantitative estimate of drug-likeness (QED) is 0.763. The van der Waals surface area contributed by atoms with Crippen molar-refractivity contribution in [2.75, 3.05) is 26.2 Å². The zero-order chi connectivity index (χ0) is 19.7. The minimum absolute atomic E-state index is 0.0209. The monoisotopic (exact) mass is 376 g/mol. The predicted octanol–water partition coefficient (Wildman–Crippen LogP) is 3.28. The van der Waals surface area contributed by atoms with E-state index in [2.05, 4.69) is 24.0 Å². The van der Waals surface area contributed by atoms with Crippen LogP contribution < -0.4 is 0 Å². The smallest absolute Gasteiger partial charge is 0.275 e. The first-order valence-electron chi connectivity index (χ1n) is 9.66. The van der Waals surface area contributed by atoms with E-state index in [9.17, 15) is 9.59 Å². The Hall–Kier alpha value is -3.15. The van der Waals surface area contributed by atoms with Gasteiger partial charge in [-0.25, -0.2) is 0 Å². The number of carbonyl (C=O) groups is 2. The van der Waals surface area contributed by atoms with Crippen LogP contribution in [0.25, 0.3) is 10.9 Å².